The third-order valence-electron chi connectivity index (χ3n) is 2.09. The minimum Gasteiger partial charge on any atom is -0.480 e. The minimum atomic E-state index is -1.14. The normalized spacial score (nSPS) is 9.33. The Morgan fingerprint density at radius 3 is 2.89 bits per heavy atom. The Labute approximate surface area is 104 Å². The number of rotatable bonds is 5. The molecular weight excluding hydrogens is 236 g/mol. The van der Waals surface area contributed by atoms with E-state index in [-0.39, 0.29) is 18.0 Å². The maximum absolute atomic E-state index is 12.1. The largest absolute Gasteiger partial charge is 0.480 e. The molecule has 0 fully saturated rings. The molecule has 1 aromatic heterocycles. The molecule has 1 amide bonds. The number of aromatic nitrogens is 1. The lowest BCUT2D eigenvalue weighted by Gasteiger charge is -2.18. The molecule has 0 aliphatic rings. The van der Waals surface area contributed by atoms with Gasteiger partial charge in [-0.1, -0.05) is 5.92 Å². The van der Waals surface area contributed by atoms with Crippen LogP contribution in [0.25, 0.3) is 0 Å². The van der Waals surface area contributed by atoms with Crippen LogP contribution < -0.4 is 4.74 Å². The molecule has 1 heterocycles. The third kappa shape index (κ3) is 3.22. The average Bonchev–Trinajstić information content (AvgIpc) is 2.37. The van der Waals surface area contributed by atoms with Crippen molar-refractivity contribution in [1.82, 2.24) is 9.88 Å². The van der Waals surface area contributed by atoms with Gasteiger partial charge >= 0.3 is 5.97 Å². The molecule has 0 saturated heterocycles. The second-order valence-electron chi connectivity index (χ2n) is 3.32. The van der Waals surface area contributed by atoms with Gasteiger partial charge in [-0.15, -0.1) is 6.42 Å². The summed E-state index contributed by atoms with van der Waals surface area (Å²) in [5, 5.41) is 8.72. The molecular formula is C12H12N2O4. The maximum Gasteiger partial charge on any atom is 0.323 e. The second-order valence-corrected chi connectivity index (χ2v) is 3.32. The summed E-state index contributed by atoms with van der Waals surface area (Å²) in [5.41, 5.74) is 0.177. The van der Waals surface area contributed by atoms with Gasteiger partial charge in [-0.25, -0.2) is 4.98 Å². The number of hydrogen-bond acceptors (Lipinski definition) is 4. The van der Waals surface area contributed by atoms with Crippen LogP contribution in [-0.2, 0) is 4.79 Å². The molecule has 0 aliphatic heterocycles. The fourth-order valence-corrected chi connectivity index (χ4v) is 1.36. The predicted molar refractivity (Wildman–Crippen MR) is 63.2 cm³/mol. The Kier molecular flexibility index (Phi) is 4.69. The van der Waals surface area contributed by atoms with Gasteiger partial charge in [0.25, 0.3) is 5.91 Å². The number of carboxylic acids is 1. The summed E-state index contributed by atoms with van der Waals surface area (Å²) in [5.74, 6) is 0.711. The van der Waals surface area contributed by atoms with Crippen molar-refractivity contribution in [3.8, 4) is 18.2 Å². The van der Waals surface area contributed by atoms with Gasteiger partial charge in [0.05, 0.1) is 13.7 Å². The van der Waals surface area contributed by atoms with Crippen LogP contribution in [0.4, 0.5) is 0 Å². The monoisotopic (exact) mass is 248 g/mol. The molecule has 0 radical (unpaired) electrons. The Morgan fingerprint density at radius 1 is 1.61 bits per heavy atom. The Bertz CT molecular complexity index is 493. The van der Waals surface area contributed by atoms with Crippen molar-refractivity contribution in [3.63, 3.8) is 0 Å². The van der Waals surface area contributed by atoms with Gasteiger partial charge in [0.15, 0.2) is 0 Å². The zero-order valence-corrected chi connectivity index (χ0v) is 9.79. The number of pyridine rings is 1. The van der Waals surface area contributed by atoms with Gasteiger partial charge in [-0.2, -0.15) is 0 Å². The molecule has 18 heavy (non-hydrogen) atoms. The van der Waals surface area contributed by atoms with E-state index in [2.05, 4.69) is 10.9 Å². The van der Waals surface area contributed by atoms with Gasteiger partial charge in [0.2, 0.25) is 5.88 Å². The van der Waals surface area contributed by atoms with Gasteiger partial charge in [-0.05, 0) is 12.1 Å². The number of nitrogens with zero attached hydrogens (tertiary/aromatic N) is 2. The molecule has 6 heteroatoms. The summed E-state index contributed by atoms with van der Waals surface area (Å²) in [6.45, 7) is -0.565. The number of carbonyl (C=O) groups is 2. The van der Waals surface area contributed by atoms with Crippen LogP contribution in [0.2, 0.25) is 0 Å². The molecule has 0 aromatic carbocycles. The molecule has 0 aliphatic carbocycles. The van der Waals surface area contributed by atoms with Crippen LogP contribution >= 0.6 is 0 Å². The maximum atomic E-state index is 12.1. The summed E-state index contributed by atoms with van der Waals surface area (Å²) in [6, 6.07) is 3.06. The first kappa shape index (κ1) is 13.5. The van der Waals surface area contributed by atoms with E-state index in [9.17, 15) is 9.59 Å². The fourth-order valence-electron chi connectivity index (χ4n) is 1.36. The van der Waals surface area contributed by atoms with E-state index < -0.39 is 18.4 Å². The van der Waals surface area contributed by atoms with Crippen LogP contribution in [0.15, 0.2) is 18.3 Å². The number of methoxy groups -OCH3 is 1. The van der Waals surface area contributed by atoms with E-state index in [1.165, 1.54) is 19.4 Å². The van der Waals surface area contributed by atoms with Crippen molar-refractivity contribution in [2.75, 3.05) is 20.2 Å². The molecule has 6 nitrogen and oxygen atoms in total. The van der Waals surface area contributed by atoms with Gasteiger partial charge in [-0.3, -0.25) is 9.59 Å². The number of ether oxygens (including phenoxy) is 1. The van der Waals surface area contributed by atoms with Gasteiger partial charge in [0, 0.05) is 6.20 Å². The Morgan fingerprint density at radius 2 is 2.33 bits per heavy atom. The van der Waals surface area contributed by atoms with Gasteiger partial charge in [0.1, 0.15) is 12.1 Å². The van der Waals surface area contributed by atoms with E-state index in [4.69, 9.17) is 16.3 Å². The first-order valence-corrected chi connectivity index (χ1v) is 5.03. The highest BCUT2D eigenvalue weighted by molar-refractivity contribution is 5.97. The third-order valence-corrected chi connectivity index (χ3v) is 2.09. The minimum absolute atomic E-state index is 0.0941. The van der Waals surface area contributed by atoms with Crippen LogP contribution in [0.1, 0.15) is 10.4 Å². The zero-order valence-electron chi connectivity index (χ0n) is 9.79. The number of amides is 1. The van der Waals surface area contributed by atoms with Crippen molar-refractivity contribution < 1.29 is 19.4 Å². The van der Waals surface area contributed by atoms with Crippen LogP contribution in [-0.4, -0.2) is 47.1 Å². The first-order valence-electron chi connectivity index (χ1n) is 5.03. The SMILES string of the molecule is C#CCN(CC(=O)O)C(=O)c1cccnc1OC. The molecule has 0 spiro atoms. The molecule has 94 valence electrons. The number of terminal acetylenes is 1. The number of hydrogen-bond donors (Lipinski definition) is 1. The van der Waals surface area contributed by atoms with Gasteiger partial charge < -0.3 is 14.7 Å². The molecule has 1 aromatic rings. The number of aliphatic carboxylic acids is 1. The Hall–Kier alpha value is -2.55. The highest BCUT2D eigenvalue weighted by atomic mass is 16.5. The van der Waals surface area contributed by atoms with E-state index in [0.717, 1.165) is 4.90 Å². The van der Waals surface area contributed by atoms with Crippen molar-refractivity contribution in [2.45, 2.75) is 0 Å². The summed E-state index contributed by atoms with van der Waals surface area (Å²) in [7, 11) is 1.38. The Balaban J connectivity index is 3.02. The quantitative estimate of drug-likeness (QED) is 0.755. The van der Waals surface area contributed by atoms with Crippen LogP contribution in [0.3, 0.4) is 0 Å². The van der Waals surface area contributed by atoms with E-state index in [0.29, 0.717) is 0 Å². The van der Waals surface area contributed by atoms with Crippen molar-refractivity contribution in [3.05, 3.63) is 23.9 Å². The van der Waals surface area contributed by atoms with Crippen molar-refractivity contribution in [2.24, 2.45) is 0 Å². The van der Waals surface area contributed by atoms with Crippen LogP contribution in [0, 0.1) is 12.3 Å². The second kappa shape index (κ2) is 6.25. The van der Waals surface area contributed by atoms with E-state index >= 15 is 0 Å². The summed E-state index contributed by atoms with van der Waals surface area (Å²) in [6.07, 6.45) is 6.58. The lowest BCUT2D eigenvalue weighted by Crippen LogP contribution is -2.36. The van der Waals surface area contributed by atoms with Crippen molar-refractivity contribution >= 4 is 11.9 Å². The standard InChI is InChI=1S/C12H12N2O4/c1-3-7-14(8-10(15)16)12(17)9-5-4-6-13-11(9)18-2/h1,4-6H,7-8H2,2H3,(H,15,16). The summed E-state index contributed by atoms with van der Waals surface area (Å²) in [4.78, 5) is 27.7. The molecule has 1 N–H and O–H groups in total. The topological polar surface area (TPSA) is 79.7 Å². The first-order chi connectivity index (χ1) is 8.60. The smallest absolute Gasteiger partial charge is 0.323 e. The summed E-state index contributed by atoms with van der Waals surface area (Å²) >= 11 is 0. The van der Waals surface area contributed by atoms with Crippen LogP contribution in [0.5, 0.6) is 5.88 Å². The lowest BCUT2D eigenvalue weighted by molar-refractivity contribution is -0.137. The number of carbonyl (C=O) groups excluding carboxylic acids is 1. The fraction of sp³-hybridized carbons (Fsp3) is 0.250. The zero-order chi connectivity index (χ0) is 13.5. The molecule has 1 rings (SSSR count). The lowest BCUT2D eigenvalue weighted by atomic mass is 10.2. The predicted octanol–water partition coefficient (Wildman–Crippen LogP) is 0.250. The highest BCUT2D eigenvalue weighted by Crippen LogP contribution is 2.15. The molecule has 0 bridgehead atoms. The molecule has 0 unspecified atom stereocenters. The summed E-state index contributed by atoms with van der Waals surface area (Å²) < 4.78 is 4.94. The van der Waals surface area contributed by atoms with Crippen molar-refractivity contribution in [1.29, 1.82) is 0 Å². The highest BCUT2D eigenvalue weighted by Gasteiger charge is 2.21. The molecule has 0 atom stereocenters. The average molecular weight is 248 g/mol. The number of carboxylic acid groups (broad SMARTS) is 1. The molecule has 0 saturated carbocycles. The van der Waals surface area contributed by atoms with E-state index in [1.54, 1.807) is 6.07 Å². The van der Waals surface area contributed by atoms with E-state index in [1.807, 2.05) is 0 Å².